The van der Waals surface area contributed by atoms with Crippen molar-refractivity contribution in [2.45, 2.75) is 38.4 Å². The molecule has 1 radical (unpaired) electrons. The summed E-state index contributed by atoms with van der Waals surface area (Å²) in [5, 5.41) is 0. The van der Waals surface area contributed by atoms with Crippen molar-refractivity contribution >= 4 is 9.04 Å². The van der Waals surface area contributed by atoms with Gasteiger partial charge in [0.05, 0.1) is 0 Å². The molecule has 1 rings (SSSR count). The fourth-order valence-corrected chi connectivity index (χ4v) is 3.73. The SMILES string of the molecule is CC(C)C(N)[Si]1CCCCO1. The lowest BCUT2D eigenvalue weighted by molar-refractivity contribution is 0.273. The van der Waals surface area contributed by atoms with Gasteiger partial charge in [-0.15, -0.1) is 0 Å². The molecule has 0 aromatic carbocycles. The van der Waals surface area contributed by atoms with Gasteiger partial charge in [0.15, 0.2) is 0 Å². The molecule has 0 spiro atoms. The Bertz CT molecular complexity index is 113. The molecule has 0 aromatic rings. The van der Waals surface area contributed by atoms with Crippen molar-refractivity contribution in [1.29, 1.82) is 0 Å². The van der Waals surface area contributed by atoms with Gasteiger partial charge in [-0.25, -0.2) is 0 Å². The Kier molecular flexibility index (Phi) is 3.55. The fourth-order valence-electron chi connectivity index (χ4n) is 1.31. The molecule has 1 fully saturated rings. The number of hydrogen-bond donors (Lipinski definition) is 1. The molecule has 0 amide bonds. The summed E-state index contributed by atoms with van der Waals surface area (Å²) >= 11 is 0. The highest BCUT2D eigenvalue weighted by Gasteiger charge is 2.26. The van der Waals surface area contributed by atoms with Crippen molar-refractivity contribution in [3.63, 3.8) is 0 Å². The van der Waals surface area contributed by atoms with Crippen LogP contribution in [-0.4, -0.2) is 21.3 Å². The lowest BCUT2D eigenvalue weighted by atomic mass is 10.2. The van der Waals surface area contributed by atoms with E-state index in [0.29, 0.717) is 11.6 Å². The van der Waals surface area contributed by atoms with E-state index in [9.17, 15) is 0 Å². The second-order valence-corrected chi connectivity index (χ2v) is 5.93. The van der Waals surface area contributed by atoms with Crippen molar-refractivity contribution < 1.29 is 4.43 Å². The van der Waals surface area contributed by atoms with Crippen LogP contribution in [0, 0.1) is 5.92 Å². The minimum absolute atomic E-state index is 0.334. The van der Waals surface area contributed by atoms with Crippen LogP contribution in [0.2, 0.25) is 6.04 Å². The maximum absolute atomic E-state index is 6.01. The first-order valence-electron chi connectivity index (χ1n) is 4.46. The Morgan fingerprint density at radius 2 is 2.09 bits per heavy atom. The lowest BCUT2D eigenvalue weighted by Crippen LogP contribution is -2.46. The molecule has 2 N–H and O–H groups in total. The molecule has 3 heteroatoms. The summed E-state index contributed by atoms with van der Waals surface area (Å²) in [6.45, 7) is 5.31. The highest BCUT2D eigenvalue weighted by Crippen LogP contribution is 2.16. The summed E-state index contributed by atoms with van der Waals surface area (Å²) in [5.41, 5.74) is 6.35. The quantitative estimate of drug-likeness (QED) is 0.637. The van der Waals surface area contributed by atoms with E-state index in [0.717, 1.165) is 6.61 Å². The maximum atomic E-state index is 6.01. The average molecular weight is 172 g/mol. The van der Waals surface area contributed by atoms with E-state index in [2.05, 4.69) is 13.8 Å². The first-order valence-corrected chi connectivity index (χ1v) is 6.15. The standard InChI is InChI=1S/C8H18NOSi/c1-7(2)8(9)11-6-4-3-5-10-11/h7-8H,3-6,9H2,1-2H3. The van der Waals surface area contributed by atoms with Crippen molar-refractivity contribution in [1.82, 2.24) is 0 Å². The Morgan fingerprint density at radius 3 is 2.55 bits per heavy atom. The van der Waals surface area contributed by atoms with Gasteiger partial charge in [-0.3, -0.25) is 0 Å². The Morgan fingerprint density at radius 1 is 1.36 bits per heavy atom. The molecule has 1 heterocycles. The van der Waals surface area contributed by atoms with Gasteiger partial charge in [0.2, 0.25) is 9.04 Å². The Balaban J connectivity index is 2.32. The monoisotopic (exact) mass is 172 g/mol. The van der Waals surface area contributed by atoms with Crippen LogP contribution in [-0.2, 0) is 4.43 Å². The normalized spacial score (nSPS) is 24.0. The van der Waals surface area contributed by atoms with Crippen molar-refractivity contribution in [3.05, 3.63) is 0 Å². The zero-order valence-electron chi connectivity index (χ0n) is 7.47. The largest absolute Gasteiger partial charge is 0.415 e. The van der Waals surface area contributed by atoms with E-state index < -0.39 is 9.04 Å². The molecule has 0 aliphatic carbocycles. The zero-order chi connectivity index (χ0) is 8.27. The summed E-state index contributed by atoms with van der Waals surface area (Å²) in [4.78, 5) is 0. The predicted octanol–water partition coefficient (Wildman–Crippen LogP) is 1.31. The highest BCUT2D eigenvalue weighted by molar-refractivity contribution is 6.53. The van der Waals surface area contributed by atoms with Gasteiger partial charge in [-0.1, -0.05) is 20.3 Å². The third kappa shape index (κ3) is 2.58. The van der Waals surface area contributed by atoms with Crippen LogP contribution < -0.4 is 5.73 Å². The van der Waals surface area contributed by atoms with Crippen LogP contribution in [0.3, 0.4) is 0 Å². The molecular weight excluding hydrogens is 154 g/mol. The lowest BCUT2D eigenvalue weighted by Gasteiger charge is -2.27. The Labute approximate surface area is 70.8 Å². The van der Waals surface area contributed by atoms with Crippen LogP contribution >= 0.6 is 0 Å². The molecule has 1 saturated heterocycles. The van der Waals surface area contributed by atoms with Gasteiger partial charge in [0.25, 0.3) is 0 Å². The fraction of sp³-hybridized carbons (Fsp3) is 1.00. The van der Waals surface area contributed by atoms with E-state index in [4.69, 9.17) is 10.2 Å². The highest BCUT2D eigenvalue weighted by atomic mass is 28.3. The first kappa shape index (κ1) is 9.23. The van der Waals surface area contributed by atoms with Crippen LogP contribution in [0.4, 0.5) is 0 Å². The van der Waals surface area contributed by atoms with Gasteiger partial charge >= 0.3 is 0 Å². The van der Waals surface area contributed by atoms with Gasteiger partial charge in [-0.05, 0) is 18.4 Å². The van der Waals surface area contributed by atoms with Gasteiger partial charge < -0.3 is 10.2 Å². The predicted molar refractivity (Wildman–Crippen MR) is 48.6 cm³/mol. The van der Waals surface area contributed by atoms with Crippen LogP contribution in [0.1, 0.15) is 26.7 Å². The Hall–Kier alpha value is 0.137. The first-order chi connectivity index (χ1) is 5.22. The topological polar surface area (TPSA) is 35.2 Å². The molecule has 1 atom stereocenters. The molecule has 1 unspecified atom stereocenters. The molecule has 1 aliphatic heterocycles. The van der Waals surface area contributed by atoms with Crippen molar-refractivity contribution in [2.75, 3.05) is 6.61 Å². The minimum atomic E-state index is -0.648. The molecule has 1 aliphatic rings. The summed E-state index contributed by atoms with van der Waals surface area (Å²) in [6.07, 6.45) is 2.56. The van der Waals surface area contributed by atoms with E-state index in [-0.39, 0.29) is 0 Å². The van der Waals surface area contributed by atoms with Gasteiger partial charge in [0.1, 0.15) is 0 Å². The number of hydrogen-bond acceptors (Lipinski definition) is 2. The minimum Gasteiger partial charge on any atom is -0.415 e. The number of rotatable bonds is 2. The van der Waals surface area contributed by atoms with Gasteiger partial charge in [-0.2, -0.15) is 0 Å². The smallest absolute Gasteiger partial charge is 0.229 e. The number of nitrogens with two attached hydrogens (primary N) is 1. The molecular formula is C8H18NOSi. The third-order valence-electron chi connectivity index (χ3n) is 2.19. The zero-order valence-corrected chi connectivity index (χ0v) is 8.47. The van der Waals surface area contributed by atoms with E-state index in [1.165, 1.54) is 18.9 Å². The molecule has 0 bridgehead atoms. The second-order valence-electron chi connectivity index (χ2n) is 3.54. The summed E-state index contributed by atoms with van der Waals surface area (Å²) in [7, 11) is -0.648. The molecule has 2 nitrogen and oxygen atoms in total. The molecule has 0 saturated carbocycles. The second kappa shape index (κ2) is 4.23. The maximum Gasteiger partial charge on any atom is 0.229 e. The summed E-state index contributed by atoms with van der Waals surface area (Å²) in [5.74, 6) is 0.585. The van der Waals surface area contributed by atoms with E-state index in [1.54, 1.807) is 0 Å². The molecule has 65 valence electrons. The average Bonchev–Trinajstić information content (AvgIpc) is 2.05. The van der Waals surface area contributed by atoms with Crippen molar-refractivity contribution in [2.24, 2.45) is 11.7 Å². The van der Waals surface area contributed by atoms with Crippen LogP contribution in [0.15, 0.2) is 0 Å². The molecule has 0 aromatic heterocycles. The molecule has 11 heavy (non-hydrogen) atoms. The summed E-state index contributed by atoms with van der Waals surface area (Å²) in [6, 6.07) is 1.25. The van der Waals surface area contributed by atoms with E-state index in [1.807, 2.05) is 0 Å². The van der Waals surface area contributed by atoms with E-state index >= 15 is 0 Å². The van der Waals surface area contributed by atoms with Crippen LogP contribution in [0.5, 0.6) is 0 Å². The van der Waals surface area contributed by atoms with Crippen LogP contribution in [0.25, 0.3) is 0 Å². The van der Waals surface area contributed by atoms with Crippen molar-refractivity contribution in [3.8, 4) is 0 Å². The summed E-state index contributed by atoms with van der Waals surface area (Å²) < 4.78 is 5.68. The third-order valence-corrected chi connectivity index (χ3v) is 5.03. The van der Waals surface area contributed by atoms with Gasteiger partial charge in [0, 0.05) is 12.3 Å².